The van der Waals surface area contributed by atoms with Gasteiger partial charge in [0.2, 0.25) is 0 Å². The van der Waals surface area contributed by atoms with Crippen molar-refractivity contribution in [1.82, 2.24) is 9.88 Å². The Morgan fingerprint density at radius 1 is 0.976 bits per heavy atom. The van der Waals surface area contributed by atoms with Crippen LogP contribution in [0.15, 0.2) is 94.7 Å². The van der Waals surface area contributed by atoms with E-state index >= 15 is 0 Å². The molecule has 4 nitrogen and oxygen atoms in total. The molecule has 3 aromatic carbocycles. The molecule has 0 bridgehead atoms. The van der Waals surface area contributed by atoms with E-state index in [0.717, 1.165) is 58.5 Å². The molecule has 1 amide bonds. The zero-order chi connectivity index (χ0) is 29.3. The number of piperidine rings is 1. The number of anilines is 1. The van der Waals surface area contributed by atoms with Gasteiger partial charge in [0.25, 0.3) is 5.91 Å². The van der Waals surface area contributed by atoms with Gasteiger partial charge < -0.3 is 4.90 Å². The van der Waals surface area contributed by atoms with E-state index in [2.05, 4.69) is 34.2 Å². The molecule has 0 radical (unpaired) electrons. The predicted molar refractivity (Wildman–Crippen MR) is 170 cm³/mol. The lowest BCUT2D eigenvalue weighted by molar-refractivity contribution is 0.0977. The number of carbonyl (C=O) groups excluding carboxylic acids is 1. The van der Waals surface area contributed by atoms with Crippen molar-refractivity contribution >= 4 is 52.6 Å². The van der Waals surface area contributed by atoms with Gasteiger partial charge in [0.05, 0.1) is 0 Å². The first-order valence-electron chi connectivity index (χ1n) is 14.0. The third kappa shape index (κ3) is 6.28. The van der Waals surface area contributed by atoms with Crippen LogP contribution in [-0.2, 0) is 5.41 Å². The van der Waals surface area contributed by atoms with Gasteiger partial charge in [-0.15, -0.1) is 0 Å². The standard InChI is InChI=1S/C34H30Cl2FN3OS/c1-23-19-25(20-32(36)38-23)33(41)40-22-34(14-17-39(18-15-34)16-2-3-24-4-6-26(35)7-5-24)30-21-29(12-13-31(30)40)42-28-10-8-27(37)9-11-28/h2-13,19-21H,14-18,22H2,1H3/b3-2+. The summed E-state index contributed by atoms with van der Waals surface area (Å²) in [5.74, 6) is -0.310. The molecule has 4 aromatic rings. The number of likely N-dealkylation sites (tertiary alicyclic amines) is 1. The van der Waals surface area contributed by atoms with Crippen LogP contribution >= 0.6 is 35.0 Å². The van der Waals surface area contributed by atoms with E-state index < -0.39 is 0 Å². The second-order valence-corrected chi connectivity index (χ2v) is 13.0. The number of nitrogens with zero attached hydrogens (tertiary/aromatic N) is 3. The summed E-state index contributed by atoms with van der Waals surface area (Å²) in [6, 6.07) is 24.2. The minimum atomic E-state index is -0.248. The highest BCUT2D eigenvalue weighted by atomic mass is 35.5. The SMILES string of the molecule is Cc1cc(C(=O)N2CC3(CCN(C/C=C/c4ccc(Cl)cc4)CC3)c3cc(Sc4ccc(F)cc4)ccc32)cc(Cl)n1. The summed E-state index contributed by atoms with van der Waals surface area (Å²) < 4.78 is 13.5. The van der Waals surface area contributed by atoms with Crippen LogP contribution in [0.4, 0.5) is 10.1 Å². The lowest BCUT2D eigenvalue weighted by Crippen LogP contribution is -2.46. The lowest BCUT2D eigenvalue weighted by atomic mass is 9.74. The molecule has 214 valence electrons. The van der Waals surface area contributed by atoms with Crippen molar-refractivity contribution in [2.75, 3.05) is 31.1 Å². The molecule has 3 heterocycles. The topological polar surface area (TPSA) is 36.4 Å². The molecule has 6 rings (SSSR count). The van der Waals surface area contributed by atoms with Gasteiger partial charge >= 0.3 is 0 Å². The second kappa shape index (κ2) is 12.2. The number of rotatable bonds is 6. The first-order chi connectivity index (χ1) is 20.3. The van der Waals surface area contributed by atoms with E-state index in [4.69, 9.17) is 23.2 Å². The summed E-state index contributed by atoms with van der Waals surface area (Å²) in [5, 5.41) is 1.05. The number of aromatic nitrogens is 1. The highest BCUT2D eigenvalue weighted by Gasteiger charge is 2.46. The summed E-state index contributed by atoms with van der Waals surface area (Å²) in [5.41, 5.74) is 4.40. The summed E-state index contributed by atoms with van der Waals surface area (Å²) in [7, 11) is 0. The number of fused-ring (bicyclic) bond motifs is 2. The Hall–Kier alpha value is -3.16. The number of hydrogen-bond donors (Lipinski definition) is 0. The fourth-order valence-electron chi connectivity index (χ4n) is 5.94. The highest BCUT2D eigenvalue weighted by Crippen LogP contribution is 2.49. The number of benzene rings is 3. The number of hydrogen-bond acceptors (Lipinski definition) is 4. The molecule has 0 saturated carbocycles. The number of halogens is 3. The van der Waals surface area contributed by atoms with Gasteiger partial charge in [0.15, 0.2) is 0 Å². The zero-order valence-corrected chi connectivity index (χ0v) is 25.5. The lowest BCUT2D eigenvalue weighted by Gasteiger charge is -2.39. The van der Waals surface area contributed by atoms with Crippen LogP contribution in [0.1, 0.15) is 40.0 Å². The Bertz CT molecular complexity index is 1610. The van der Waals surface area contributed by atoms with Crippen molar-refractivity contribution in [2.24, 2.45) is 0 Å². The minimum Gasteiger partial charge on any atom is -0.307 e. The van der Waals surface area contributed by atoms with Gasteiger partial charge in [-0.2, -0.15) is 0 Å². The van der Waals surface area contributed by atoms with E-state index in [1.165, 1.54) is 17.7 Å². The number of amides is 1. The van der Waals surface area contributed by atoms with E-state index in [1.54, 1.807) is 36.0 Å². The Morgan fingerprint density at radius 3 is 2.40 bits per heavy atom. The van der Waals surface area contributed by atoms with Gasteiger partial charge in [0, 0.05) is 50.3 Å². The van der Waals surface area contributed by atoms with Crippen molar-refractivity contribution in [3.63, 3.8) is 0 Å². The van der Waals surface area contributed by atoms with Crippen LogP contribution < -0.4 is 4.90 Å². The first kappa shape index (κ1) is 28.9. The largest absolute Gasteiger partial charge is 0.307 e. The minimum absolute atomic E-state index is 0.0622. The van der Waals surface area contributed by atoms with Gasteiger partial charge in [-0.25, -0.2) is 9.37 Å². The fourth-order valence-corrected chi connectivity index (χ4v) is 7.18. The molecule has 2 aliphatic heterocycles. The second-order valence-electron chi connectivity index (χ2n) is 11.0. The maximum atomic E-state index is 13.9. The van der Waals surface area contributed by atoms with Crippen molar-refractivity contribution in [3.8, 4) is 0 Å². The van der Waals surface area contributed by atoms with Crippen molar-refractivity contribution in [2.45, 2.75) is 35.0 Å². The molecular formula is C34H30Cl2FN3OS. The summed E-state index contributed by atoms with van der Waals surface area (Å²) >= 11 is 13.9. The Balaban J connectivity index is 1.25. The van der Waals surface area contributed by atoms with E-state index in [1.807, 2.05) is 42.2 Å². The molecule has 1 aromatic heterocycles. The average Bonchev–Trinajstić information content (AvgIpc) is 3.28. The quantitative estimate of drug-likeness (QED) is 0.203. The van der Waals surface area contributed by atoms with Crippen LogP contribution in [0.3, 0.4) is 0 Å². The van der Waals surface area contributed by atoms with E-state index in [0.29, 0.717) is 23.0 Å². The van der Waals surface area contributed by atoms with Crippen LogP contribution in [0, 0.1) is 12.7 Å². The molecule has 0 aliphatic carbocycles. The summed E-state index contributed by atoms with van der Waals surface area (Å²) in [6.07, 6.45) is 6.22. The first-order valence-corrected chi connectivity index (χ1v) is 15.5. The smallest absolute Gasteiger partial charge is 0.258 e. The fraction of sp³-hybridized carbons (Fsp3) is 0.235. The van der Waals surface area contributed by atoms with E-state index in [9.17, 15) is 9.18 Å². The maximum absolute atomic E-state index is 13.9. The van der Waals surface area contributed by atoms with Crippen molar-refractivity contribution in [3.05, 3.63) is 123 Å². The summed E-state index contributed by atoms with van der Waals surface area (Å²) in [6.45, 7) is 5.20. The molecule has 8 heteroatoms. The van der Waals surface area contributed by atoms with Crippen LogP contribution in [0.2, 0.25) is 10.2 Å². The maximum Gasteiger partial charge on any atom is 0.258 e. The average molecular weight is 619 g/mol. The monoisotopic (exact) mass is 617 g/mol. The third-order valence-electron chi connectivity index (χ3n) is 8.11. The molecule has 0 unspecified atom stereocenters. The third-order valence-corrected chi connectivity index (χ3v) is 9.55. The van der Waals surface area contributed by atoms with E-state index in [-0.39, 0.29) is 17.1 Å². The summed E-state index contributed by atoms with van der Waals surface area (Å²) in [4.78, 5) is 24.5. The van der Waals surface area contributed by atoms with Crippen LogP contribution in [0.25, 0.3) is 6.08 Å². The number of pyridine rings is 1. The number of aryl methyl sites for hydroxylation is 1. The van der Waals surface area contributed by atoms with Gasteiger partial charge in [0.1, 0.15) is 11.0 Å². The van der Waals surface area contributed by atoms with Crippen LogP contribution in [0.5, 0.6) is 0 Å². The molecule has 1 saturated heterocycles. The van der Waals surface area contributed by atoms with Gasteiger partial charge in [-0.05, 0) is 111 Å². The molecule has 1 fully saturated rings. The molecular weight excluding hydrogens is 588 g/mol. The Labute approximate surface area is 260 Å². The van der Waals surface area contributed by atoms with Crippen LogP contribution in [-0.4, -0.2) is 42.0 Å². The normalized spacial score (nSPS) is 16.3. The van der Waals surface area contributed by atoms with Crippen molar-refractivity contribution < 1.29 is 9.18 Å². The number of carbonyl (C=O) groups is 1. The molecule has 0 atom stereocenters. The highest BCUT2D eigenvalue weighted by molar-refractivity contribution is 7.99. The zero-order valence-electron chi connectivity index (χ0n) is 23.2. The molecule has 2 aliphatic rings. The Morgan fingerprint density at radius 2 is 1.69 bits per heavy atom. The van der Waals surface area contributed by atoms with Gasteiger partial charge in [-0.1, -0.05) is 59.2 Å². The molecule has 1 spiro atoms. The van der Waals surface area contributed by atoms with Crippen molar-refractivity contribution in [1.29, 1.82) is 0 Å². The predicted octanol–water partition coefficient (Wildman–Crippen LogP) is 8.69. The molecule has 0 N–H and O–H groups in total. The van der Waals surface area contributed by atoms with Gasteiger partial charge in [-0.3, -0.25) is 9.69 Å². The molecule has 42 heavy (non-hydrogen) atoms. The Kier molecular flexibility index (Phi) is 8.42.